The Kier molecular flexibility index (Phi) is 6.10. The average Bonchev–Trinajstić information content (AvgIpc) is 2.44. The third-order valence-electron chi connectivity index (χ3n) is 3.33. The lowest BCUT2D eigenvalue weighted by atomic mass is 10.1. The van der Waals surface area contributed by atoms with Crippen LogP contribution in [-0.4, -0.2) is 33.8 Å². The van der Waals surface area contributed by atoms with Gasteiger partial charge in [-0.05, 0) is 27.2 Å². The van der Waals surface area contributed by atoms with Gasteiger partial charge >= 0.3 is 0 Å². The molecule has 0 spiro atoms. The Bertz CT molecular complexity index is 505. The number of amidine groups is 1. The minimum Gasteiger partial charge on any atom is -0.357 e. The summed E-state index contributed by atoms with van der Waals surface area (Å²) in [6.07, 6.45) is 8.88. The van der Waals surface area contributed by atoms with E-state index >= 15 is 0 Å². The van der Waals surface area contributed by atoms with E-state index in [-0.39, 0.29) is 6.04 Å². The highest BCUT2D eigenvalue weighted by Gasteiger charge is 2.11. The van der Waals surface area contributed by atoms with E-state index in [4.69, 9.17) is 5.41 Å². The van der Waals surface area contributed by atoms with Crippen molar-refractivity contribution in [1.82, 2.24) is 14.9 Å². The summed E-state index contributed by atoms with van der Waals surface area (Å²) in [7, 11) is 1.94. The van der Waals surface area contributed by atoms with Crippen LogP contribution < -0.4 is 0 Å². The lowest BCUT2D eigenvalue weighted by Gasteiger charge is -2.25. The summed E-state index contributed by atoms with van der Waals surface area (Å²) in [5, 5.41) is 8.15. The van der Waals surface area contributed by atoms with Gasteiger partial charge in [0.2, 0.25) is 0 Å². The Morgan fingerprint density at radius 3 is 2.85 bits per heavy atom. The van der Waals surface area contributed by atoms with Crippen LogP contribution in [0.5, 0.6) is 0 Å². The van der Waals surface area contributed by atoms with E-state index in [2.05, 4.69) is 23.5 Å². The molecule has 1 unspecified atom stereocenters. The molecule has 0 fully saturated rings. The van der Waals surface area contributed by atoms with Gasteiger partial charge in [0.1, 0.15) is 0 Å². The highest BCUT2D eigenvalue weighted by molar-refractivity contribution is 5.79. The Morgan fingerprint density at radius 1 is 1.50 bits per heavy atom. The van der Waals surface area contributed by atoms with Crippen molar-refractivity contribution in [2.24, 2.45) is 0 Å². The summed E-state index contributed by atoms with van der Waals surface area (Å²) >= 11 is 0. The van der Waals surface area contributed by atoms with Crippen molar-refractivity contribution < 1.29 is 0 Å². The minimum absolute atomic E-state index is 0.185. The summed E-state index contributed by atoms with van der Waals surface area (Å²) in [5.41, 5.74) is 2.86. The van der Waals surface area contributed by atoms with Crippen LogP contribution in [0.25, 0.3) is 0 Å². The molecule has 0 aliphatic carbocycles. The number of nitrogens with one attached hydrogen (secondary N) is 1. The largest absolute Gasteiger partial charge is 0.357 e. The van der Waals surface area contributed by atoms with Gasteiger partial charge in [-0.25, -0.2) is 0 Å². The van der Waals surface area contributed by atoms with Crippen molar-refractivity contribution in [2.75, 3.05) is 7.05 Å². The molecular weight excluding hydrogens is 248 g/mol. The van der Waals surface area contributed by atoms with E-state index in [9.17, 15) is 0 Å². The number of rotatable bonds is 6. The van der Waals surface area contributed by atoms with E-state index < -0.39 is 0 Å². The molecule has 0 aromatic carbocycles. The van der Waals surface area contributed by atoms with E-state index in [0.717, 1.165) is 23.5 Å². The first-order valence-electron chi connectivity index (χ1n) is 6.84. The Labute approximate surface area is 121 Å². The van der Waals surface area contributed by atoms with Gasteiger partial charge in [0.25, 0.3) is 0 Å². The maximum Gasteiger partial charge on any atom is 0.0963 e. The Balaban J connectivity index is 2.60. The summed E-state index contributed by atoms with van der Waals surface area (Å²) in [5.74, 6) is 0.605. The normalized spacial score (nSPS) is 12.4. The predicted octanol–water partition coefficient (Wildman–Crippen LogP) is 3.07. The van der Waals surface area contributed by atoms with Crippen molar-refractivity contribution in [3.05, 3.63) is 48.1 Å². The Hall–Kier alpha value is -1.97. The number of likely N-dealkylation sites (N-methyl/N-ethyl adjacent to an activating group) is 1. The molecule has 20 heavy (non-hydrogen) atoms. The molecule has 0 aliphatic rings. The fourth-order valence-electron chi connectivity index (χ4n) is 1.85. The van der Waals surface area contributed by atoms with Crippen molar-refractivity contribution in [3.8, 4) is 0 Å². The van der Waals surface area contributed by atoms with Gasteiger partial charge in [0, 0.05) is 25.7 Å². The highest BCUT2D eigenvalue weighted by atomic mass is 15.2. The monoisotopic (exact) mass is 272 g/mol. The minimum atomic E-state index is 0.185. The third-order valence-corrected chi connectivity index (χ3v) is 3.33. The molecule has 0 aliphatic heterocycles. The molecular formula is C16H24N4. The number of nitrogens with zero attached hydrogens (tertiary/aromatic N) is 3. The second-order valence-corrected chi connectivity index (χ2v) is 4.96. The first-order chi connectivity index (χ1) is 9.45. The Morgan fingerprint density at radius 2 is 2.20 bits per heavy atom. The quantitative estimate of drug-likeness (QED) is 0.492. The molecule has 4 nitrogen and oxygen atoms in total. The molecule has 1 atom stereocenters. The molecule has 0 saturated carbocycles. The lowest BCUT2D eigenvalue weighted by Crippen LogP contribution is -2.33. The average molecular weight is 272 g/mol. The number of hydrogen-bond acceptors (Lipinski definition) is 3. The van der Waals surface area contributed by atoms with Crippen LogP contribution in [0.2, 0.25) is 0 Å². The summed E-state index contributed by atoms with van der Waals surface area (Å²) in [4.78, 5) is 10.8. The van der Waals surface area contributed by atoms with Gasteiger partial charge < -0.3 is 4.90 Å². The fourth-order valence-corrected chi connectivity index (χ4v) is 1.85. The molecule has 0 amide bonds. The molecule has 1 aromatic rings. The van der Waals surface area contributed by atoms with E-state index in [1.165, 1.54) is 0 Å². The summed E-state index contributed by atoms with van der Waals surface area (Å²) < 4.78 is 0. The maximum absolute atomic E-state index is 8.15. The van der Waals surface area contributed by atoms with Gasteiger partial charge in [0.15, 0.2) is 0 Å². The first kappa shape index (κ1) is 16.1. The van der Waals surface area contributed by atoms with Gasteiger partial charge in [0.05, 0.1) is 22.9 Å². The van der Waals surface area contributed by atoms with Gasteiger partial charge in [-0.3, -0.25) is 15.4 Å². The zero-order chi connectivity index (χ0) is 15.1. The predicted molar refractivity (Wildman–Crippen MR) is 84.1 cm³/mol. The standard InChI is InChI=1S/C16H24N4/c1-6-7-8-13(3)20(5)16(17)10-9-15-14(4)18-11-12(2)19-15/h6-8,11,13,17H,1,9-10H2,2-5H3/b8-7-,17-16?. The highest BCUT2D eigenvalue weighted by Crippen LogP contribution is 2.08. The first-order valence-corrected chi connectivity index (χ1v) is 6.84. The maximum atomic E-state index is 8.15. The zero-order valence-corrected chi connectivity index (χ0v) is 12.8. The van der Waals surface area contributed by atoms with Crippen molar-refractivity contribution >= 4 is 5.84 Å². The SMILES string of the molecule is C=C/C=C\C(C)N(C)C(=N)CCc1nc(C)cnc1C. The number of aromatic nitrogens is 2. The molecule has 1 heterocycles. The van der Waals surface area contributed by atoms with Crippen LogP contribution in [-0.2, 0) is 6.42 Å². The molecule has 0 radical (unpaired) electrons. The van der Waals surface area contributed by atoms with Crippen LogP contribution in [0.4, 0.5) is 0 Å². The topological polar surface area (TPSA) is 52.9 Å². The second-order valence-electron chi connectivity index (χ2n) is 4.96. The number of hydrogen-bond donors (Lipinski definition) is 1. The van der Waals surface area contributed by atoms with Crippen molar-refractivity contribution in [2.45, 2.75) is 39.7 Å². The van der Waals surface area contributed by atoms with Crippen molar-refractivity contribution in [1.29, 1.82) is 5.41 Å². The van der Waals surface area contributed by atoms with E-state index in [0.29, 0.717) is 12.3 Å². The molecule has 0 bridgehead atoms. The summed E-state index contributed by atoms with van der Waals surface area (Å²) in [6, 6.07) is 0.185. The number of allylic oxidation sites excluding steroid dienone is 2. The van der Waals surface area contributed by atoms with Crippen LogP contribution in [0.3, 0.4) is 0 Å². The van der Waals surface area contributed by atoms with Crippen molar-refractivity contribution in [3.63, 3.8) is 0 Å². The van der Waals surface area contributed by atoms with Gasteiger partial charge in [-0.15, -0.1) is 0 Å². The second kappa shape index (κ2) is 7.58. The molecule has 4 heteroatoms. The van der Waals surface area contributed by atoms with E-state index in [1.807, 2.05) is 37.9 Å². The van der Waals surface area contributed by atoms with Crippen LogP contribution in [0.1, 0.15) is 30.4 Å². The van der Waals surface area contributed by atoms with E-state index in [1.54, 1.807) is 12.3 Å². The smallest absolute Gasteiger partial charge is 0.0963 e. The number of aryl methyl sites for hydroxylation is 3. The molecule has 1 rings (SSSR count). The van der Waals surface area contributed by atoms with Crippen LogP contribution in [0.15, 0.2) is 31.0 Å². The summed E-state index contributed by atoms with van der Waals surface area (Å²) in [6.45, 7) is 9.62. The van der Waals surface area contributed by atoms with Gasteiger partial charge in [-0.2, -0.15) is 0 Å². The third kappa shape index (κ3) is 4.61. The lowest BCUT2D eigenvalue weighted by molar-refractivity contribution is 0.439. The molecule has 1 aromatic heterocycles. The molecule has 1 N–H and O–H groups in total. The van der Waals surface area contributed by atoms with Crippen LogP contribution in [0, 0.1) is 19.3 Å². The molecule has 0 saturated heterocycles. The fraction of sp³-hybridized carbons (Fsp3) is 0.438. The van der Waals surface area contributed by atoms with Crippen LogP contribution >= 0.6 is 0 Å². The zero-order valence-electron chi connectivity index (χ0n) is 12.8. The van der Waals surface area contributed by atoms with Gasteiger partial charge in [-0.1, -0.05) is 24.8 Å². The molecule has 108 valence electrons.